The lowest BCUT2D eigenvalue weighted by molar-refractivity contribution is -0.133. The van der Waals surface area contributed by atoms with Crippen molar-refractivity contribution in [1.82, 2.24) is 14.8 Å². The van der Waals surface area contributed by atoms with Gasteiger partial charge in [-0.2, -0.15) is 0 Å². The summed E-state index contributed by atoms with van der Waals surface area (Å²) < 4.78 is 3.09. The quantitative estimate of drug-likeness (QED) is 0.573. The van der Waals surface area contributed by atoms with Gasteiger partial charge < -0.3 is 5.11 Å². The van der Waals surface area contributed by atoms with Crippen LogP contribution in [0, 0.1) is 3.57 Å². The van der Waals surface area contributed by atoms with Crippen LogP contribution in [0.2, 0.25) is 5.02 Å². The summed E-state index contributed by atoms with van der Waals surface area (Å²) in [5.41, 5.74) is 0.935. The second-order valence-corrected chi connectivity index (χ2v) is 7.26. The van der Waals surface area contributed by atoms with Crippen molar-refractivity contribution in [2.24, 2.45) is 0 Å². The monoisotopic (exact) mass is 435 g/mol. The van der Waals surface area contributed by atoms with Crippen LogP contribution in [0.4, 0.5) is 0 Å². The number of nitrogens with zero attached hydrogens (tertiary/aromatic N) is 3. The number of hydrogen-bond acceptors (Lipinski definition) is 4. The van der Waals surface area contributed by atoms with E-state index in [0.717, 1.165) is 27.8 Å². The Morgan fingerprint density at radius 3 is 2.90 bits per heavy atom. The fourth-order valence-electron chi connectivity index (χ4n) is 2.02. The predicted molar refractivity (Wildman–Crippen MR) is 89.8 cm³/mol. The molecule has 1 saturated carbocycles. The van der Waals surface area contributed by atoms with E-state index in [4.69, 9.17) is 16.7 Å². The van der Waals surface area contributed by atoms with Crippen molar-refractivity contribution in [3.63, 3.8) is 0 Å². The molecule has 0 spiro atoms. The smallest absolute Gasteiger partial charge is 0.313 e. The van der Waals surface area contributed by atoms with Crippen LogP contribution < -0.4 is 0 Å². The third-order valence-electron chi connectivity index (χ3n) is 3.07. The van der Waals surface area contributed by atoms with E-state index in [1.54, 1.807) is 0 Å². The lowest BCUT2D eigenvalue weighted by atomic mass is 10.2. The number of carbonyl (C=O) groups is 1. The highest BCUT2D eigenvalue weighted by atomic mass is 127. The zero-order valence-corrected chi connectivity index (χ0v) is 14.5. The maximum absolute atomic E-state index is 10.7. The summed E-state index contributed by atoms with van der Waals surface area (Å²) in [5, 5.41) is 18.6. The zero-order chi connectivity index (χ0) is 15.0. The minimum Gasteiger partial charge on any atom is -0.481 e. The van der Waals surface area contributed by atoms with Gasteiger partial charge >= 0.3 is 5.97 Å². The summed E-state index contributed by atoms with van der Waals surface area (Å²) in [6, 6.07) is 6.01. The molecule has 110 valence electrons. The van der Waals surface area contributed by atoms with E-state index in [0.29, 0.717) is 16.2 Å². The number of aromatic nitrogens is 3. The molecule has 5 nitrogen and oxygen atoms in total. The first-order chi connectivity index (χ1) is 10.1. The molecule has 0 unspecified atom stereocenters. The molecule has 1 aromatic heterocycles. The molecule has 1 aliphatic rings. The number of hydrogen-bond donors (Lipinski definition) is 1. The zero-order valence-electron chi connectivity index (χ0n) is 10.8. The molecule has 0 radical (unpaired) electrons. The molecule has 21 heavy (non-hydrogen) atoms. The lowest BCUT2D eigenvalue weighted by Crippen LogP contribution is -2.03. The summed E-state index contributed by atoms with van der Waals surface area (Å²) in [4.78, 5) is 10.7. The molecule has 0 saturated heterocycles. The number of aliphatic carboxylic acids is 1. The average molecular weight is 436 g/mol. The van der Waals surface area contributed by atoms with E-state index in [-0.39, 0.29) is 5.75 Å². The minimum absolute atomic E-state index is 0.0164. The summed E-state index contributed by atoms with van der Waals surface area (Å²) in [7, 11) is 0. The van der Waals surface area contributed by atoms with E-state index >= 15 is 0 Å². The fourth-order valence-corrected chi connectivity index (χ4v) is 3.49. The second kappa shape index (κ2) is 6.13. The number of carboxylic acid groups (broad SMARTS) is 1. The standard InChI is InChI=1S/C13H11ClIN3O2S/c14-7-1-4-10(15)9(5-7)12-16-17-13(21-6-11(19)20)18(12)8-2-3-8/h1,4-5,8H,2-3,6H2,(H,19,20). The topological polar surface area (TPSA) is 68.0 Å². The van der Waals surface area contributed by atoms with E-state index in [1.165, 1.54) is 11.8 Å². The molecule has 0 aliphatic heterocycles. The van der Waals surface area contributed by atoms with E-state index in [1.807, 2.05) is 22.8 Å². The van der Waals surface area contributed by atoms with Gasteiger partial charge in [-0.25, -0.2) is 0 Å². The Kier molecular flexibility index (Phi) is 4.41. The molecule has 1 fully saturated rings. The van der Waals surface area contributed by atoms with E-state index in [9.17, 15) is 4.79 Å². The molecule has 0 atom stereocenters. The number of benzene rings is 1. The van der Waals surface area contributed by atoms with Crippen LogP contribution >= 0.6 is 46.0 Å². The van der Waals surface area contributed by atoms with Gasteiger partial charge in [0.25, 0.3) is 0 Å². The van der Waals surface area contributed by atoms with Crippen molar-refractivity contribution < 1.29 is 9.90 Å². The summed E-state index contributed by atoms with van der Waals surface area (Å²) >= 11 is 9.53. The first-order valence-corrected chi connectivity index (χ1v) is 8.75. The molecule has 0 bridgehead atoms. The highest BCUT2D eigenvalue weighted by Crippen LogP contribution is 2.42. The van der Waals surface area contributed by atoms with Gasteiger partial charge in [-0.15, -0.1) is 10.2 Å². The van der Waals surface area contributed by atoms with Crippen molar-refractivity contribution >= 4 is 51.9 Å². The van der Waals surface area contributed by atoms with Crippen molar-refractivity contribution in [1.29, 1.82) is 0 Å². The number of halogens is 2. The molecular formula is C13H11ClIN3O2S. The van der Waals surface area contributed by atoms with Gasteiger partial charge in [-0.05, 0) is 53.6 Å². The van der Waals surface area contributed by atoms with Crippen LogP contribution in [-0.2, 0) is 4.79 Å². The first kappa shape index (κ1) is 15.1. The summed E-state index contributed by atoms with van der Waals surface area (Å²) in [6.45, 7) is 0. The lowest BCUT2D eigenvalue weighted by Gasteiger charge is -2.09. The van der Waals surface area contributed by atoms with Gasteiger partial charge in [0.05, 0.1) is 5.75 Å². The SMILES string of the molecule is O=C(O)CSc1nnc(-c2cc(Cl)ccc2I)n1C1CC1. The Morgan fingerprint density at radius 1 is 1.48 bits per heavy atom. The molecule has 0 amide bonds. The molecular weight excluding hydrogens is 425 g/mol. The first-order valence-electron chi connectivity index (χ1n) is 6.31. The highest BCUT2D eigenvalue weighted by Gasteiger charge is 2.30. The predicted octanol–water partition coefficient (Wildman–Crippen LogP) is 3.71. The molecule has 2 aromatic rings. The molecule has 8 heteroatoms. The average Bonchev–Trinajstić information content (AvgIpc) is 3.19. The maximum atomic E-state index is 10.7. The van der Waals surface area contributed by atoms with Crippen LogP contribution in [-0.4, -0.2) is 31.6 Å². The second-order valence-electron chi connectivity index (χ2n) is 4.71. The molecule has 3 rings (SSSR count). The Hall–Kier alpha value is -0.800. The Balaban J connectivity index is 2.02. The van der Waals surface area contributed by atoms with Crippen LogP contribution in [0.15, 0.2) is 23.4 Å². The van der Waals surface area contributed by atoms with Crippen LogP contribution in [0.3, 0.4) is 0 Å². The molecule has 1 heterocycles. The molecule has 1 aromatic carbocycles. The van der Waals surface area contributed by atoms with Gasteiger partial charge in [0.2, 0.25) is 0 Å². The van der Waals surface area contributed by atoms with Crippen LogP contribution in [0.5, 0.6) is 0 Å². The number of rotatable bonds is 5. The Bertz CT molecular complexity index is 703. The van der Waals surface area contributed by atoms with Gasteiger partial charge in [-0.3, -0.25) is 9.36 Å². The third kappa shape index (κ3) is 3.35. The van der Waals surface area contributed by atoms with E-state index < -0.39 is 5.97 Å². The Labute approximate surface area is 144 Å². The minimum atomic E-state index is -0.857. The normalized spacial score (nSPS) is 14.4. The number of carboxylic acids is 1. The third-order valence-corrected chi connectivity index (χ3v) is 5.17. The number of thioether (sulfide) groups is 1. The fraction of sp³-hybridized carbons (Fsp3) is 0.308. The van der Waals surface area contributed by atoms with Gasteiger partial charge in [0.1, 0.15) is 0 Å². The van der Waals surface area contributed by atoms with Gasteiger partial charge in [0.15, 0.2) is 11.0 Å². The van der Waals surface area contributed by atoms with Crippen LogP contribution in [0.1, 0.15) is 18.9 Å². The molecule has 1 N–H and O–H groups in total. The van der Waals surface area contributed by atoms with Crippen molar-refractivity contribution in [2.75, 3.05) is 5.75 Å². The Morgan fingerprint density at radius 2 is 2.24 bits per heavy atom. The van der Waals surface area contributed by atoms with Crippen LogP contribution in [0.25, 0.3) is 11.4 Å². The van der Waals surface area contributed by atoms with Crippen molar-refractivity contribution in [2.45, 2.75) is 24.0 Å². The molecule has 1 aliphatic carbocycles. The highest BCUT2D eigenvalue weighted by molar-refractivity contribution is 14.1. The maximum Gasteiger partial charge on any atom is 0.313 e. The van der Waals surface area contributed by atoms with Crippen molar-refractivity contribution in [3.05, 3.63) is 26.8 Å². The summed E-state index contributed by atoms with van der Waals surface area (Å²) in [5.74, 6) is -0.112. The van der Waals surface area contributed by atoms with Gasteiger partial charge in [-0.1, -0.05) is 23.4 Å². The summed E-state index contributed by atoms with van der Waals surface area (Å²) in [6.07, 6.45) is 2.14. The largest absolute Gasteiger partial charge is 0.481 e. The van der Waals surface area contributed by atoms with Gasteiger partial charge in [0, 0.05) is 20.2 Å². The van der Waals surface area contributed by atoms with E-state index in [2.05, 4.69) is 32.8 Å². The van der Waals surface area contributed by atoms with Crippen molar-refractivity contribution in [3.8, 4) is 11.4 Å².